The molecule has 3 heteroatoms. The minimum absolute atomic E-state index is 0.415. The Hall–Kier alpha value is -1.22. The Morgan fingerprint density at radius 1 is 1.21 bits per heavy atom. The van der Waals surface area contributed by atoms with Crippen molar-refractivity contribution in [1.29, 1.82) is 0 Å². The SMILES string of the molecule is CCCOc1ccc(NC2CCCC(OC)C2)cc1. The smallest absolute Gasteiger partial charge is 0.119 e. The van der Waals surface area contributed by atoms with Gasteiger partial charge in [-0.15, -0.1) is 0 Å². The quantitative estimate of drug-likeness (QED) is 0.845. The van der Waals surface area contributed by atoms with Gasteiger partial charge in [-0.05, 0) is 56.4 Å². The standard InChI is InChI=1S/C16H25NO2/c1-3-11-19-15-9-7-13(8-10-15)17-14-5-4-6-16(12-14)18-2/h7-10,14,16-17H,3-6,11-12H2,1-2H3. The molecule has 0 saturated heterocycles. The molecule has 2 unspecified atom stereocenters. The van der Waals surface area contributed by atoms with Crippen molar-refractivity contribution in [2.75, 3.05) is 19.0 Å². The molecule has 0 bridgehead atoms. The fourth-order valence-corrected chi connectivity index (χ4v) is 2.59. The van der Waals surface area contributed by atoms with E-state index < -0.39 is 0 Å². The molecule has 106 valence electrons. The van der Waals surface area contributed by atoms with Crippen LogP contribution in [0.15, 0.2) is 24.3 Å². The molecule has 1 aliphatic rings. The predicted octanol–water partition coefficient (Wildman–Crippen LogP) is 3.84. The lowest BCUT2D eigenvalue weighted by Crippen LogP contribution is -2.30. The molecule has 2 rings (SSSR count). The summed E-state index contributed by atoms with van der Waals surface area (Å²) in [5.74, 6) is 0.950. The first kappa shape index (κ1) is 14.2. The number of nitrogens with one attached hydrogen (secondary N) is 1. The summed E-state index contributed by atoms with van der Waals surface area (Å²) in [5, 5.41) is 3.59. The summed E-state index contributed by atoms with van der Waals surface area (Å²) < 4.78 is 11.0. The highest BCUT2D eigenvalue weighted by Gasteiger charge is 2.21. The first-order valence-corrected chi connectivity index (χ1v) is 7.34. The van der Waals surface area contributed by atoms with Crippen molar-refractivity contribution in [3.05, 3.63) is 24.3 Å². The first-order chi connectivity index (χ1) is 9.31. The first-order valence-electron chi connectivity index (χ1n) is 7.34. The summed E-state index contributed by atoms with van der Waals surface area (Å²) in [4.78, 5) is 0. The topological polar surface area (TPSA) is 30.5 Å². The number of hydrogen-bond acceptors (Lipinski definition) is 3. The summed E-state index contributed by atoms with van der Waals surface area (Å²) in [6, 6.07) is 8.80. The zero-order chi connectivity index (χ0) is 13.5. The van der Waals surface area contributed by atoms with E-state index in [2.05, 4.69) is 24.4 Å². The van der Waals surface area contributed by atoms with Gasteiger partial charge in [-0.1, -0.05) is 6.92 Å². The second-order valence-electron chi connectivity index (χ2n) is 5.24. The number of hydrogen-bond donors (Lipinski definition) is 1. The summed E-state index contributed by atoms with van der Waals surface area (Å²) >= 11 is 0. The van der Waals surface area contributed by atoms with E-state index in [9.17, 15) is 0 Å². The van der Waals surface area contributed by atoms with E-state index in [1.165, 1.54) is 24.9 Å². The minimum Gasteiger partial charge on any atom is -0.494 e. The highest BCUT2D eigenvalue weighted by molar-refractivity contribution is 5.47. The van der Waals surface area contributed by atoms with Crippen molar-refractivity contribution in [3.63, 3.8) is 0 Å². The second-order valence-corrected chi connectivity index (χ2v) is 5.24. The Balaban J connectivity index is 1.85. The maximum absolute atomic E-state index is 5.59. The van der Waals surface area contributed by atoms with Crippen LogP contribution in [0.3, 0.4) is 0 Å². The summed E-state index contributed by atoms with van der Waals surface area (Å²) in [6.07, 6.45) is 6.23. The van der Waals surface area contributed by atoms with Gasteiger partial charge in [-0.25, -0.2) is 0 Å². The third kappa shape index (κ3) is 4.43. The normalized spacial score (nSPS) is 23.1. The largest absolute Gasteiger partial charge is 0.494 e. The molecule has 1 N–H and O–H groups in total. The van der Waals surface area contributed by atoms with Gasteiger partial charge in [-0.3, -0.25) is 0 Å². The van der Waals surface area contributed by atoms with Crippen LogP contribution in [0.4, 0.5) is 5.69 Å². The van der Waals surface area contributed by atoms with Crippen LogP contribution in [-0.2, 0) is 4.74 Å². The monoisotopic (exact) mass is 263 g/mol. The number of benzene rings is 1. The molecule has 0 heterocycles. The second kappa shape index (κ2) is 7.39. The van der Waals surface area contributed by atoms with Crippen molar-refractivity contribution in [2.24, 2.45) is 0 Å². The number of methoxy groups -OCH3 is 1. The lowest BCUT2D eigenvalue weighted by Gasteiger charge is -2.29. The third-order valence-electron chi connectivity index (χ3n) is 3.66. The van der Waals surface area contributed by atoms with E-state index in [4.69, 9.17) is 9.47 Å². The highest BCUT2D eigenvalue weighted by atomic mass is 16.5. The molecule has 1 aliphatic carbocycles. The van der Waals surface area contributed by atoms with E-state index in [0.29, 0.717) is 12.1 Å². The lowest BCUT2D eigenvalue weighted by atomic mass is 9.92. The van der Waals surface area contributed by atoms with Crippen molar-refractivity contribution < 1.29 is 9.47 Å². The third-order valence-corrected chi connectivity index (χ3v) is 3.66. The average molecular weight is 263 g/mol. The lowest BCUT2D eigenvalue weighted by molar-refractivity contribution is 0.0669. The average Bonchev–Trinajstić information content (AvgIpc) is 2.47. The Kier molecular flexibility index (Phi) is 5.52. The van der Waals surface area contributed by atoms with Crippen molar-refractivity contribution in [3.8, 4) is 5.75 Å². The number of anilines is 1. The van der Waals surface area contributed by atoms with Crippen molar-refractivity contribution in [1.82, 2.24) is 0 Å². The zero-order valence-electron chi connectivity index (χ0n) is 12.0. The molecule has 0 spiro atoms. The molecular weight excluding hydrogens is 238 g/mol. The summed E-state index contributed by atoms with van der Waals surface area (Å²) in [7, 11) is 1.81. The molecule has 3 nitrogen and oxygen atoms in total. The van der Waals surface area contributed by atoms with E-state index in [1.807, 2.05) is 19.2 Å². The molecule has 2 atom stereocenters. The van der Waals surface area contributed by atoms with Gasteiger partial charge in [-0.2, -0.15) is 0 Å². The molecular formula is C16H25NO2. The van der Waals surface area contributed by atoms with Crippen LogP contribution in [0, 0.1) is 0 Å². The summed E-state index contributed by atoms with van der Waals surface area (Å²) in [6.45, 7) is 2.90. The Labute approximate surface area is 116 Å². The molecule has 0 aliphatic heterocycles. The van der Waals surface area contributed by atoms with Crippen LogP contribution < -0.4 is 10.1 Å². The number of ether oxygens (including phenoxy) is 2. The molecule has 1 saturated carbocycles. The predicted molar refractivity (Wildman–Crippen MR) is 78.9 cm³/mol. The molecule has 0 aromatic heterocycles. The van der Waals surface area contributed by atoms with Crippen LogP contribution in [0.2, 0.25) is 0 Å². The summed E-state index contributed by atoms with van der Waals surface area (Å²) in [5.41, 5.74) is 1.17. The van der Waals surface area contributed by atoms with E-state index in [0.717, 1.165) is 25.2 Å². The molecule has 1 aromatic carbocycles. The molecule has 1 fully saturated rings. The van der Waals surface area contributed by atoms with Gasteiger partial charge in [0.15, 0.2) is 0 Å². The van der Waals surface area contributed by atoms with Crippen molar-refractivity contribution in [2.45, 2.75) is 51.2 Å². The van der Waals surface area contributed by atoms with Crippen LogP contribution in [0.1, 0.15) is 39.0 Å². The van der Waals surface area contributed by atoms with E-state index in [-0.39, 0.29) is 0 Å². The van der Waals surface area contributed by atoms with Gasteiger partial charge in [0.1, 0.15) is 5.75 Å². The van der Waals surface area contributed by atoms with Gasteiger partial charge >= 0.3 is 0 Å². The van der Waals surface area contributed by atoms with E-state index in [1.54, 1.807) is 0 Å². The molecule has 0 amide bonds. The Morgan fingerprint density at radius 3 is 2.68 bits per heavy atom. The fourth-order valence-electron chi connectivity index (χ4n) is 2.59. The van der Waals surface area contributed by atoms with Crippen LogP contribution in [0.25, 0.3) is 0 Å². The van der Waals surface area contributed by atoms with Gasteiger partial charge in [0, 0.05) is 18.8 Å². The Bertz CT molecular complexity index is 364. The van der Waals surface area contributed by atoms with Gasteiger partial charge in [0.25, 0.3) is 0 Å². The van der Waals surface area contributed by atoms with Gasteiger partial charge in [0.2, 0.25) is 0 Å². The highest BCUT2D eigenvalue weighted by Crippen LogP contribution is 2.24. The van der Waals surface area contributed by atoms with E-state index >= 15 is 0 Å². The van der Waals surface area contributed by atoms with Crippen LogP contribution >= 0.6 is 0 Å². The number of rotatable bonds is 6. The van der Waals surface area contributed by atoms with Gasteiger partial charge in [0.05, 0.1) is 12.7 Å². The molecule has 1 aromatic rings. The van der Waals surface area contributed by atoms with Gasteiger partial charge < -0.3 is 14.8 Å². The van der Waals surface area contributed by atoms with Crippen LogP contribution in [0.5, 0.6) is 5.75 Å². The molecule has 0 radical (unpaired) electrons. The maximum atomic E-state index is 5.59. The Morgan fingerprint density at radius 2 is 2.00 bits per heavy atom. The maximum Gasteiger partial charge on any atom is 0.119 e. The fraction of sp³-hybridized carbons (Fsp3) is 0.625. The molecule has 19 heavy (non-hydrogen) atoms. The van der Waals surface area contributed by atoms with Crippen LogP contribution in [-0.4, -0.2) is 25.9 Å². The minimum atomic E-state index is 0.415. The van der Waals surface area contributed by atoms with Crippen molar-refractivity contribution >= 4 is 5.69 Å². The zero-order valence-corrected chi connectivity index (χ0v) is 12.0.